The molecule has 1 aliphatic rings. The molecule has 1 aliphatic heterocycles. The quantitative estimate of drug-likeness (QED) is 0.924. The smallest absolute Gasteiger partial charge is 0.244 e. The van der Waals surface area contributed by atoms with E-state index in [1.807, 2.05) is 12.1 Å². The van der Waals surface area contributed by atoms with Gasteiger partial charge >= 0.3 is 0 Å². The number of rotatable bonds is 2. The topological polar surface area (TPSA) is 63.8 Å². The number of hydrogen-bond donors (Lipinski definition) is 1. The molecule has 1 saturated heterocycles. The fraction of sp³-hybridized carbons (Fsp3) is 0.417. The van der Waals surface area contributed by atoms with E-state index in [2.05, 4.69) is 36.4 Å². The van der Waals surface area contributed by atoms with Crippen LogP contribution in [0.2, 0.25) is 0 Å². The fourth-order valence-corrected chi connectivity index (χ4v) is 2.29. The molecule has 94 valence electrons. The number of hydrogen-bond acceptors (Lipinski definition) is 5. The molecule has 2 aromatic rings. The van der Waals surface area contributed by atoms with Crippen LogP contribution in [0.1, 0.15) is 31.2 Å². The highest BCUT2D eigenvalue weighted by atomic mass is 79.9. The third-order valence-corrected chi connectivity index (χ3v) is 3.48. The molecule has 0 spiro atoms. The summed E-state index contributed by atoms with van der Waals surface area (Å²) in [6.07, 6.45) is 5.19. The highest BCUT2D eigenvalue weighted by Crippen LogP contribution is 2.23. The number of piperidine rings is 1. The molecular formula is C12H13BrN4O. The lowest BCUT2D eigenvalue weighted by molar-refractivity contribution is 0.297. The minimum atomic E-state index is 0.190. The van der Waals surface area contributed by atoms with Crippen LogP contribution in [0.15, 0.2) is 27.3 Å². The SMILES string of the molecule is Brc1ccc(-c2noc([C@@H]3CCCCN3)n2)nc1. The molecule has 1 atom stereocenters. The predicted molar refractivity (Wildman–Crippen MR) is 69.8 cm³/mol. The van der Waals surface area contributed by atoms with Crippen LogP contribution in [0.25, 0.3) is 11.5 Å². The van der Waals surface area contributed by atoms with Crippen LogP contribution in [0.3, 0.4) is 0 Å². The van der Waals surface area contributed by atoms with Crippen LogP contribution in [-0.2, 0) is 0 Å². The Kier molecular flexibility index (Phi) is 3.38. The Balaban J connectivity index is 1.82. The Morgan fingerprint density at radius 1 is 1.33 bits per heavy atom. The van der Waals surface area contributed by atoms with Gasteiger partial charge in [-0.25, -0.2) is 0 Å². The van der Waals surface area contributed by atoms with Gasteiger partial charge in [0.05, 0.1) is 6.04 Å². The van der Waals surface area contributed by atoms with Crippen molar-refractivity contribution in [3.8, 4) is 11.5 Å². The average molecular weight is 309 g/mol. The van der Waals surface area contributed by atoms with Gasteiger partial charge in [-0.15, -0.1) is 0 Å². The zero-order valence-corrected chi connectivity index (χ0v) is 11.4. The van der Waals surface area contributed by atoms with Gasteiger partial charge in [-0.2, -0.15) is 4.98 Å². The molecular weight excluding hydrogens is 296 g/mol. The molecule has 0 bridgehead atoms. The molecule has 3 heterocycles. The second kappa shape index (κ2) is 5.16. The molecule has 0 radical (unpaired) electrons. The maximum atomic E-state index is 5.31. The summed E-state index contributed by atoms with van der Waals surface area (Å²) >= 11 is 3.35. The maximum Gasteiger partial charge on any atom is 0.244 e. The van der Waals surface area contributed by atoms with E-state index in [0.29, 0.717) is 11.7 Å². The summed E-state index contributed by atoms with van der Waals surface area (Å²) in [5.74, 6) is 1.21. The van der Waals surface area contributed by atoms with Crippen molar-refractivity contribution in [1.29, 1.82) is 0 Å². The molecule has 1 N–H and O–H groups in total. The molecule has 0 aromatic carbocycles. The second-order valence-electron chi connectivity index (χ2n) is 4.32. The monoisotopic (exact) mass is 308 g/mol. The summed E-state index contributed by atoms with van der Waals surface area (Å²) in [5, 5.41) is 7.37. The Morgan fingerprint density at radius 2 is 2.28 bits per heavy atom. The van der Waals surface area contributed by atoms with E-state index < -0.39 is 0 Å². The van der Waals surface area contributed by atoms with Crippen molar-refractivity contribution in [3.63, 3.8) is 0 Å². The summed E-state index contributed by atoms with van der Waals surface area (Å²) in [6, 6.07) is 3.97. The van der Waals surface area contributed by atoms with Gasteiger partial charge in [-0.3, -0.25) is 4.98 Å². The van der Waals surface area contributed by atoms with Gasteiger partial charge < -0.3 is 9.84 Å². The van der Waals surface area contributed by atoms with Crippen LogP contribution in [-0.4, -0.2) is 21.7 Å². The van der Waals surface area contributed by atoms with Gasteiger partial charge in [0.15, 0.2) is 0 Å². The van der Waals surface area contributed by atoms with Crippen LogP contribution >= 0.6 is 15.9 Å². The molecule has 1 fully saturated rings. The van der Waals surface area contributed by atoms with Crippen molar-refractivity contribution in [2.45, 2.75) is 25.3 Å². The highest BCUT2D eigenvalue weighted by molar-refractivity contribution is 9.10. The van der Waals surface area contributed by atoms with Gasteiger partial charge in [-0.05, 0) is 47.4 Å². The first-order valence-electron chi connectivity index (χ1n) is 6.02. The number of aromatic nitrogens is 3. The Labute approximate surface area is 113 Å². The Morgan fingerprint density at radius 3 is 3.00 bits per heavy atom. The lowest BCUT2D eigenvalue weighted by Gasteiger charge is -2.19. The van der Waals surface area contributed by atoms with E-state index in [-0.39, 0.29) is 6.04 Å². The standard InChI is InChI=1S/C12H13BrN4O/c13-8-4-5-9(15-7-8)11-16-12(18-17-11)10-3-1-2-6-14-10/h4-5,7,10,14H,1-3,6H2/t10-/m0/s1. The van der Waals surface area contributed by atoms with E-state index in [1.165, 1.54) is 12.8 Å². The zero-order chi connectivity index (χ0) is 12.4. The lowest BCUT2D eigenvalue weighted by atomic mass is 10.1. The molecule has 5 nitrogen and oxygen atoms in total. The first-order valence-corrected chi connectivity index (χ1v) is 6.81. The first kappa shape index (κ1) is 11.8. The van der Waals surface area contributed by atoms with Crippen molar-refractivity contribution in [1.82, 2.24) is 20.4 Å². The molecule has 0 saturated carbocycles. The van der Waals surface area contributed by atoms with Crippen LogP contribution in [0, 0.1) is 0 Å². The number of nitrogens with zero attached hydrogens (tertiary/aromatic N) is 3. The summed E-state index contributed by atoms with van der Waals surface area (Å²) in [7, 11) is 0. The van der Waals surface area contributed by atoms with Crippen molar-refractivity contribution < 1.29 is 4.52 Å². The van der Waals surface area contributed by atoms with Gasteiger partial charge in [0.25, 0.3) is 0 Å². The van der Waals surface area contributed by atoms with Crippen LogP contribution < -0.4 is 5.32 Å². The van der Waals surface area contributed by atoms with Crippen molar-refractivity contribution >= 4 is 15.9 Å². The number of halogens is 1. The molecule has 0 amide bonds. The summed E-state index contributed by atoms with van der Waals surface area (Å²) in [5.41, 5.74) is 0.726. The van der Waals surface area contributed by atoms with Crippen molar-refractivity contribution in [2.24, 2.45) is 0 Å². The third kappa shape index (κ3) is 2.44. The number of nitrogens with one attached hydrogen (secondary N) is 1. The molecule has 2 aromatic heterocycles. The Hall–Kier alpha value is -1.27. The van der Waals surface area contributed by atoms with E-state index in [9.17, 15) is 0 Å². The van der Waals surface area contributed by atoms with E-state index >= 15 is 0 Å². The second-order valence-corrected chi connectivity index (χ2v) is 5.24. The van der Waals surface area contributed by atoms with Crippen molar-refractivity contribution in [3.05, 3.63) is 28.7 Å². The van der Waals surface area contributed by atoms with Gasteiger partial charge in [0.1, 0.15) is 5.69 Å². The van der Waals surface area contributed by atoms with Crippen LogP contribution in [0.4, 0.5) is 0 Å². The minimum absolute atomic E-state index is 0.190. The molecule has 18 heavy (non-hydrogen) atoms. The van der Waals surface area contributed by atoms with Gasteiger partial charge in [0, 0.05) is 10.7 Å². The van der Waals surface area contributed by atoms with Crippen LogP contribution in [0.5, 0.6) is 0 Å². The highest BCUT2D eigenvalue weighted by Gasteiger charge is 2.21. The fourth-order valence-electron chi connectivity index (χ4n) is 2.05. The lowest BCUT2D eigenvalue weighted by Crippen LogP contribution is -2.26. The maximum absolute atomic E-state index is 5.31. The Bertz CT molecular complexity index is 519. The first-order chi connectivity index (χ1) is 8.83. The summed E-state index contributed by atoms with van der Waals surface area (Å²) < 4.78 is 6.25. The largest absolute Gasteiger partial charge is 0.337 e. The summed E-state index contributed by atoms with van der Waals surface area (Å²) in [4.78, 5) is 8.67. The zero-order valence-electron chi connectivity index (χ0n) is 9.77. The summed E-state index contributed by atoms with van der Waals surface area (Å²) in [6.45, 7) is 1.01. The molecule has 6 heteroatoms. The van der Waals surface area contributed by atoms with E-state index in [1.54, 1.807) is 6.20 Å². The molecule has 0 unspecified atom stereocenters. The normalized spacial score (nSPS) is 19.9. The van der Waals surface area contributed by atoms with Gasteiger partial charge in [-0.1, -0.05) is 11.6 Å². The number of pyridine rings is 1. The third-order valence-electron chi connectivity index (χ3n) is 3.01. The van der Waals surface area contributed by atoms with E-state index in [0.717, 1.165) is 23.1 Å². The van der Waals surface area contributed by atoms with E-state index in [4.69, 9.17) is 4.52 Å². The predicted octanol–water partition coefficient (Wildman–Crippen LogP) is 2.71. The van der Waals surface area contributed by atoms with Crippen molar-refractivity contribution in [2.75, 3.05) is 6.54 Å². The minimum Gasteiger partial charge on any atom is -0.337 e. The molecule has 0 aliphatic carbocycles. The molecule has 3 rings (SSSR count). The van der Waals surface area contributed by atoms with Gasteiger partial charge in [0.2, 0.25) is 11.7 Å². The average Bonchev–Trinajstić information content (AvgIpc) is 2.90.